The van der Waals surface area contributed by atoms with Crippen molar-refractivity contribution in [3.8, 4) is 11.1 Å². The van der Waals surface area contributed by atoms with Gasteiger partial charge in [-0.15, -0.1) is 0 Å². The Bertz CT molecular complexity index is 927. The lowest BCUT2D eigenvalue weighted by atomic mass is 9.96. The highest BCUT2D eigenvalue weighted by Crippen LogP contribution is 2.20. The summed E-state index contributed by atoms with van der Waals surface area (Å²) in [7, 11) is 0. The van der Waals surface area contributed by atoms with Crippen LogP contribution in [0.1, 0.15) is 35.7 Å². The van der Waals surface area contributed by atoms with Crippen molar-refractivity contribution in [2.75, 3.05) is 0 Å². The van der Waals surface area contributed by atoms with Gasteiger partial charge in [0.15, 0.2) is 5.78 Å². The van der Waals surface area contributed by atoms with E-state index in [0.29, 0.717) is 18.4 Å². The molecule has 0 saturated carbocycles. The Morgan fingerprint density at radius 2 is 1.79 bits per heavy atom. The summed E-state index contributed by atoms with van der Waals surface area (Å²) in [5, 5.41) is 10.6. The molecule has 0 saturated heterocycles. The molecule has 1 heterocycles. The van der Waals surface area contributed by atoms with Crippen LogP contribution in [0.15, 0.2) is 73.1 Å². The van der Waals surface area contributed by atoms with E-state index >= 15 is 0 Å². The smallest absolute Gasteiger partial charge is 0.251 e. The summed E-state index contributed by atoms with van der Waals surface area (Å²) in [5.74, 6) is -0.188. The van der Waals surface area contributed by atoms with Gasteiger partial charge >= 0.3 is 0 Å². The van der Waals surface area contributed by atoms with E-state index in [9.17, 15) is 9.59 Å². The monoisotopic (exact) mass is 373 g/mol. The Labute approximate surface area is 164 Å². The first-order valence-electron chi connectivity index (χ1n) is 9.42. The van der Waals surface area contributed by atoms with Crippen molar-refractivity contribution in [2.24, 2.45) is 0 Å². The van der Waals surface area contributed by atoms with Crippen LogP contribution in [-0.2, 0) is 11.2 Å². The molecule has 1 atom stereocenters. The molecule has 0 aliphatic heterocycles. The van der Waals surface area contributed by atoms with E-state index in [1.54, 1.807) is 24.5 Å². The first-order chi connectivity index (χ1) is 13.7. The minimum Gasteiger partial charge on any atom is -0.342 e. The first kappa shape index (κ1) is 19.4. The standard InChI is InChI=1S/C23H23N3O2/c1-2-7-22(27)21(26-23(28)18-9-4-3-5-10-18)15-17-8-6-11-19(14-17)20-12-13-24-25-16-20/h3-6,8-14,16,21H,2,7,15H2,1H3,(H,26,28)/t21-/m0/s1. The lowest BCUT2D eigenvalue weighted by molar-refractivity contribution is -0.120. The fourth-order valence-electron chi connectivity index (χ4n) is 3.07. The molecular weight excluding hydrogens is 350 g/mol. The molecule has 142 valence electrons. The van der Waals surface area contributed by atoms with Crippen LogP contribution < -0.4 is 5.32 Å². The van der Waals surface area contributed by atoms with Crippen molar-refractivity contribution in [1.29, 1.82) is 0 Å². The van der Waals surface area contributed by atoms with Gasteiger partial charge in [0.25, 0.3) is 5.91 Å². The van der Waals surface area contributed by atoms with Crippen LogP contribution in [0.25, 0.3) is 11.1 Å². The molecule has 3 rings (SSSR count). The van der Waals surface area contributed by atoms with Crippen LogP contribution >= 0.6 is 0 Å². The molecule has 3 aromatic rings. The van der Waals surface area contributed by atoms with Crippen LogP contribution in [0.3, 0.4) is 0 Å². The van der Waals surface area contributed by atoms with E-state index in [1.807, 2.05) is 55.5 Å². The van der Waals surface area contributed by atoms with Crippen molar-refractivity contribution in [2.45, 2.75) is 32.2 Å². The van der Waals surface area contributed by atoms with Gasteiger partial charge in [0.05, 0.1) is 18.4 Å². The van der Waals surface area contributed by atoms with Crippen molar-refractivity contribution >= 4 is 11.7 Å². The lowest BCUT2D eigenvalue weighted by Crippen LogP contribution is -2.42. The second-order valence-corrected chi connectivity index (χ2v) is 6.64. The third-order valence-corrected chi connectivity index (χ3v) is 4.51. The Kier molecular flexibility index (Phi) is 6.63. The van der Waals surface area contributed by atoms with Crippen molar-refractivity contribution < 1.29 is 9.59 Å². The maximum absolute atomic E-state index is 12.6. The summed E-state index contributed by atoms with van der Waals surface area (Å²) in [6, 6.07) is 18.2. The maximum Gasteiger partial charge on any atom is 0.251 e. The average Bonchev–Trinajstić information content (AvgIpc) is 2.75. The number of Topliss-reactive ketones (excluding diaryl/α,β-unsaturated/α-hetero) is 1. The van der Waals surface area contributed by atoms with Gasteiger partial charge in [-0.25, -0.2) is 0 Å². The zero-order chi connectivity index (χ0) is 19.8. The minimum absolute atomic E-state index is 0.0442. The summed E-state index contributed by atoms with van der Waals surface area (Å²) in [4.78, 5) is 25.2. The maximum atomic E-state index is 12.6. The fraction of sp³-hybridized carbons (Fsp3) is 0.217. The van der Waals surface area contributed by atoms with Crippen LogP contribution in [0.5, 0.6) is 0 Å². The SMILES string of the molecule is CCCC(=O)[C@H](Cc1cccc(-c2ccnnc2)c1)NC(=O)c1ccccc1. The van der Waals surface area contributed by atoms with Gasteiger partial charge in [0.1, 0.15) is 0 Å². The summed E-state index contributed by atoms with van der Waals surface area (Å²) in [6.45, 7) is 1.96. The van der Waals surface area contributed by atoms with E-state index in [4.69, 9.17) is 0 Å². The van der Waals surface area contributed by atoms with Gasteiger partial charge in [-0.2, -0.15) is 10.2 Å². The Morgan fingerprint density at radius 3 is 2.50 bits per heavy atom. The zero-order valence-corrected chi connectivity index (χ0v) is 15.8. The Morgan fingerprint density at radius 1 is 0.964 bits per heavy atom. The van der Waals surface area contributed by atoms with Gasteiger partial charge in [-0.1, -0.05) is 49.4 Å². The first-order valence-corrected chi connectivity index (χ1v) is 9.42. The summed E-state index contributed by atoms with van der Waals surface area (Å²) in [5.41, 5.74) is 3.50. The summed E-state index contributed by atoms with van der Waals surface area (Å²) < 4.78 is 0. The Hall–Kier alpha value is -3.34. The number of nitrogens with zero attached hydrogens (tertiary/aromatic N) is 2. The number of amides is 1. The predicted octanol–water partition coefficient (Wildman–Crippen LogP) is 3.85. The molecule has 0 bridgehead atoms. The summed E-state index contributed by atoms with van der Waals surface area (Å²) >= 11 is 0. The fourth-order valence-corrected chi connectivity index (χ4v) is 3.07. The molecule has 0 spiro atoms. The van der Waals surface area contributed by atoms with Crippen LogP contribution in [0, 0.1) is 0 Å². The molecule has 28 heavy (non-hydrogen) atoms. The van der Waals surface area contributed by atoms with E-state index < -0.39 is 6.04 Å². The molecule has 0 unspecified atom stereocenters. The summed E-state index contributed by atoms with van der Waals surface area (Å²) in [6.07, 6.45) is 4.99. The highest BCUT2D eigenvalue weighted by molar-refractivity contribution is 5.98. The number of ketones is 1. The molecule has 1 N–H and O–H groups in total. The highest BCUT2D eigenvalue weighted by atomic mass is 16.2. The molecule has 0 radical (unpaired) electrons. The van der Waals surface area contributed by atoms with Crippen molar-refractivity contribution in [3.05, 3.63) is 84.2 Å². The van der Waals surface area contributed by atoms with Crippen LogP contribution in [-0.4, -0.2) is 27.9 Å². The molecule has 5 heteroatoms. The van der Waals surface area contributed by atoms with E-state index in [2.05, 4.69) is 15.5 Å². The number of carbonyl (C=O) groups excluding carboxylic acids is 2. The number of aromatic nitrogens is 2. The number of benzene rings is 2. The second-order valence-electron chi connectivity index (χ2n) is 6.64. The quantitative estimate of drug-likeness (QED) is 0.651. The normalized spacial score (nSPS) is 11.6. The molecule has 1 amide bonds. The predicted molar refractivity (Wildman–Crippen MR) is 109 cm³/mol. The van der Waals surface area contributed by atoms with Gasteiger partial charge in [-0.05, 0) is 42.2 Å². The topological polar surface area (TPSA) is 72.0 Å². The van der Waals surface area contributed by atoms with Crippen LogP contribution in [0.4, 0.5) is 0 Å². The molecule has 5 nitrogen and oxygen atoms in total. The molecule has 2 aromatic carbocycles. The number of hydrogen-bond donors (Lipinski definition) is 1. The van der Waals surface area contributed by atoms with E-state index in [0.717, 1.165) is 23.1 Å². The number of hydrogen-bond acceptors (Lipinski definition) is 4. The second kappa shape index (κ2) is 9.55. The lowest BCUT2D eigenvalue weighted by Gasteiger charge is -2.18. The molecule has 0 aliphatic rings. The molecule has 0 fully saturated rings. The van der Waals surface area contributed by atoms with Gasteiger partial charge in [0, 0.05) is 17.5 Å². The van der Waals surface area contributed by atoms with Crippen molar-refractivity contribution in [1.82, 2.24) is 15.5 Å². The van der Waals surface area contributed by atoms with Gasteiger partial charge in [0.2, 0.25) is 0 Å². The highest BCUT2D eigenvalue weighted by Gasteiger charge is 2.21. The largest absolute Gasteiger partial charge is 0.342 e. The van der Waals surface area contributed by atoms with E-state index in [1.165, 1.54) is 0 Å². The third-order valence-electron chi connectivity index (χ3n) is 4.51. The molecule has 1 aromatic heterocycles. The number of nitrogens with one attached hydrogen (secondary N) is 1. The van der Waals surface area contributed by atoms with Crippen LogP contribution in [0.2, 0.25) is 0 Å². The number of rotatable bonds is 8. The van der Waals surface area contributed by atoms with Gasteiger partial charge < -0.3 is 5.32 Å². The zero-order valence-electron chi connectivity index (χ0n) is 15.8. The van der Waals surface area contributed by atoms with Crippen molar-refractivity contribution in [3.63, 3.8) is 0 Å². The Balaban J connectivity index is 1.80. The van der Waals surface area contributed by atoms with E-state index in [-0.39, 0.29) is 11.7 Å². The minimum atomic E-state index is -0.557. The number of carbonyl (C=O) groups is 2. The third kappa shape index (κ3) is 5.10. The van der Waals surface area contributed by atoms with Gasteiger partial charge in [-0.3, -0.25) is 9.59 Å². The average molecular weight is 373 g/mol. The molecular formula is C23H23N3O2. The molecule has 0 aliphatic carbocycles.